The van der Waals surface area contributed by atoms with Gasteiger partial charge in [0.2, 0.25) is 5.95 Å². The number of nitrogens with zero attached hydrogens (tertiary/aromatic N) is 4. The molecule has 0 radical (unpaired) electrons. The summed E-state index contributed by atoms with van der Waals surface area (Å²) in [6, 6.07) is 3.59. The maximum Gasteiger partial charge on any atom is 0.416 e. The maximum absolute atomic E-state index is 13.7. The minimum Gasteiger partial charge on any atom is -0.444 e. The van der Waals surface area contributed by atoms with Crippen LogP contribution in [0.1, 0.15) is 31.9 Å². The van der Waals surface area contributed by atoms with Gasteiger partial charge in [-0.15, -0.1) is 0 Å². The Balaban J connectivity index is 2.31. The van der Waals surface area contributed by atoms with Crippen LogP contribution < -0.4 is 16.4 Å². The highest BCUT2D eigenvalue weighted by molar-refractivity contribution is 5.82. The van der Waals surface area contributed by atoms with Gasteiger partial charge in [-0.25, -0.2) is 14.8 Å². The van der Waals surface area contributed by atoms with E-state index in [0.717, 1.165) is 12.4 Å². The van der Waals surface area contributed by atoms with Crippen molar-refractivity contribution < 1.29 is 22.7 Å². The minimum atomic E-state index is -4.66. The van der Waals surface area contributed by atoms with Gasteiger partial charge in [0.05, 0.1) is 11.3 Å². The van der Waals surface area contributed by atoms with Crippen LogP contribution in [0, 0.1) is 0 Å². The van der Waals surface area contributed by atoms with Gasteiger partial charge in [-0.1, -0.05) is 12.1 Å². The second kappa shape index (κ2) is 10.1. The number of anilines is 1. The van der Waals surface area contributed by atoms with Gasteiger partial charge < -0.3 is 21.1 Å². The molecule has 1 amide bonds. The molecule has 1 aromatic heterocycles. The number of aromatic nitrogens is 3. The van der Waals surface area contributed by atoms with Crippen molar-refractivity contribution >= 4 is 18.3 Å². The molecule has 32 heavy (non-hydrogen) atoms. The Labute approximate surface area is 183 Å². The van der Waals surface area contributed by atoms with Crippen LogP contribution in [-0.2, 0) is 17.5 Å². The number of rotatable bonds is 6. The lowest BCUT2D eigenvalue weighted by Crippen LogP contribution is -2.32. The largest absolute Gasteiger partial charge is 0.444 e. The second-order valence-corrected chi connectivity index (χ2v) is 7.49. The molecule has 1 aromatic carbocycles. The minimum absolute atomic E-state index is 0.0180. The molecule has 0 aliphatic heterocycles. The molecule has 0 unspecified atom stereocenters. The first-order valence-corrected chi connectivity index (χ1v) is 9.40. The summed E-state index contributed by atoms with van der Waals surface area (Å²) in [6.07, 6.45) is -1.65. The van der Waals surface area contributed by atoms with Gasteiger partial charge in [-0.2, -0.15) is 18.2 Å². The lowest BCUT2D eigenvalue weighted by Gasteiger charge is -2.20. The fourth-order valence-electron chi connectivity index (χ4n) is 2.50. The highest BCUT2D eigenvalue weighted by Gasteiger charge is 2.34. The number of nitrogens with one attached hydrogen (secondary N) is 2. The molecule has 2 aromatic rings. The molecule has 0 aliphatic rings. The summed E-state index contributed by atoms with van der Waals surface area (Å²) in [6.45, 7) is 4.60. The van der Waals surface area contributed by atoms with E-state index in [0.29, 0.717) is 5.70 Å². The van der Waals surface area contributed by atoms with E-state index in [9.17, 15) is 18.0 Å². The Morgan fingerprint density at radius 2 is 1.97 bits per heavy atom. The number of hydrogen-bond donors (Lipinski definition) is 3. The monoisotopic (exact) mass is 451 g/mol. The van der Waals surface area contributed by atoms with E-state index in [1.54, 1.807) is 27.8 Å². The standard InChI is InChI=1S/C20H24F3N7O2/c1-19(2,3)32-18(31)26-9-13-6-5-12(7-15(13)20(21,22)23)16-27-11-28-17(30-16)29-14(8-24)10-25-4/h5-8,10-11H,9,24H2,1-4H3,(H,26,31)(H,27,28,29,30). The Morgan fingerprint density at radius 1 is 1.25 bits per heavy atom. The fraction of sp³-hybridized carbons (Fsp3) is 0.350. The maximum atomic E-state index is 13.7. The highest BCUT2D eigenvalue weighted by Crippen LogP contribution is 2.34. The molecule has 2 rings (SSSR count). The van der Waals surface area contributed by atoms with Crippen molar-refractivity contribution in [1.29, 1.82) is 0 Å². The molecule has 12 heteroatoms. The van der Waals surface area contributed by atoms with Crippen LogP contribution in [-0.4, -0.2) is 39.9 Å². The van der Waals surface area contributed by atoms with E-state index in [-0.39, 0.29) is 29.4 Å². The van der Waals surface area contributed by atoms with Gasteiger partial charge in [0.15, 0.2) is 5.82 Å². The molecule has 0 aliphatic carbocycles. The number of benzene rings is 1. The Bertz CT molecular complexity index is 1010. The average molecular weight is 451 g/mol. The summed E-state index contributed by atoms with van der Waals surface area (Å²) in [4.78, 5) is 27.6. The number of alkyl halides is 3. The normalized spacial score (nSPS) is 12.7. The summed E-state index contributed by atoms with van der Waals surface area (Å²) in [7, 11) is 1.54. The zero-order valence-corrected chi connectivity index (χ0v) is 18.0. The van der Waals surface area contributed by atoms with Gasteiger partial charge in [-0.3, -0.25) is 4.99 Å². The van der Waals surface area contributed by atoms with E-state index in [1.807, 2.05) is 0 Å². The van der Waals surface area contributed by atoms with Crippen LogP contribution in [0.5, 0.6) is 0 Å². The number of alkyl carbamates (subject to hydrolysis) is 1. The Hall–Kier alpha value is -3.70. The van der Waals surface area contributed by atoms with Crippen LogP contribution in [0.3, 0.4) is 0 Å². The number of carbonyl (C=O) groups is 1. The zero-order chi connectivity index (χ0) is 23.9. The first kappa shape index (κ1) is 24.6. The highest BCUT2D eigenvalue weighted by atomic mass is 19.4. The molecule has 172 valence electrons. The summed E-state index contributed by atoms with van der Waals surface area (Å²) in [5, 5.41) is 5.12. The van der Waals surface area contributed by atoms with E-state index in [4.69, 9.17) is 10.5 Å². The molecule has 0 saturated carbocycles. The number of carbonyl (C=O) groups excluding carboxylic acids is 1. The van der Waals surface area contributed by atoms with Gasteiger partial charge in [0, 0.05) is 31.6 Å². The third-order valence-electron chi connectivity index (χ3n) is 3.77. The van der Waals surface area contributed by atoms with Crippen LogP contribution >= 0.6 is 0 Å². The molecule has 0 spiro atoms. The van der Waals surface area contributed by atoms with E-state index >= 15 is 0 Å². The van der Waals surface area contributed by atoms with E-state index in [2.05, 4.69) is 30.6 Å². The first-order chi connectivity index (χ1) is 14.9. The van der Waals surface area contributed by atoms with E-state index in [1.165, 1.54) is 24.5 Å². The van der Waals surface area contributed by atoms with E-state index < -0.39 is 23.4 Å². The summed E-state index contributed by atoms with van der Waals surface area (Å²) in [5.74, 6) is 0.0975. The van der Waals surface area contributed by atoms with Crippen molar-refractivity contribution in [2.45, 2.75) is 39.1 Å². The average Bonchev–Trinajstić information content (AvgIpc) is 2.70. The summed E-state index contributed by atoms with van der Waals surface area (Å²) in [5.41, 5.74) is 4.15. The van der Waals surface area contributed by atoms with Gasteiger partial charge >= 0.3 is 12.3 Å². The molecule has 0 fully saturated rings. The number of ether oxygens (including phenoxy) is 1. The third kappa shape index (κ3) is 7.22. The Kier molecular flexibility index (Phi) is 7.73. The number of hydrogen-bond acceptors (Lipinski definition) is 8. The van der Waals surface area contributed by atoms with Crippen molar-refractivity contribution in [3.05, 3.63) is 47.6 Å². The fourth-order valence-corrected chi connectivity index (χ4v) is 2.50. The van der Waals surface area contributed by atoms with Gasteiger partial charge in [-0.05, 0) is 32.4 Å². The Morgan fingerprint density at radius 3 is 2.56 bits per heavy atom. The quantitative estimate of drug-likeness (QED) is 0.574. The summed E-state index contributed by atoms with van der Waals surface area (Å²) < 4.78 is 46.1. The lowest BCUT2D eigenvalue weighted by atomic mass is 10.0. The number of allylic oxidation sites excluding steroid dienone is 1. The van der Waals surface area contributed by atoms with Gasteiger partial charge in [0.1, 0.15) is 11.9 Å². The number of halogens is 3. The number of aliphatic imine (C=N–C) groups is 1. The molecule has 0 saturated heterocycles. The second-order valence-electron chi connectivity index (χ2n) is 7.49. The van der Waals surface area contributed by atoms with Crippen molar-refractivity contribution in [2.75, 3.05) is 12.4 Å². The zero-order valence-electron chi connectivity index (χ0n) is 18.0. The van der Waals surface area contributed by atoms with Crippen LogP contribution in [0.2, 0.25) is 0 Å². The molecular weight excluding hydrogens is 427 g/mol. The summed E-state index contributed by atoms with van der Waals surface area (Å²) >= 11 is 0. The van der Waals surface area contributed by atoms with Crippen molar-refractivity contribution in [3.8, 4) is 11.4 Å². The van der Waals surface area contributed by atoms with Crippen LogP contribution in [0.15, 0.2) is 41.4 Å². The molecule has 4 N–H and O–H groups in total. The van der Waals surface area contributed by atoms with Crippen LogP contribution in [0.25, 0.3) is 11.4 Å². The van der Waals surface area contributed by atoms with Crippen molar-refractivity contribution in [1.82, 2.24) is 20.3 Å². The van der Waals surface area contributed by atoms with Crippen molar-refractivity contribution in [2.24, 2.45) is 10.7 Å². The van der Waals surface area contributed by atoms with Crippen LogP contribution in [0.4, 0.5) is 23.9 Å². The first-order valence-electron chi connectivity index (χ1n) is 9.40. The molecule has 0 bridgehead atoms. The van der Waals surface area contributed by atoms with Gasteiger partial charge in [0.25, 0.3) is 0 Å². The lowest BCUT2D eigenvalue weighted by molar-refractivity contribution is -0.138. The molecule has 9 nitrogen and oxygen atoms in total. The predicted octanol–water partition coefficient (Wildman–Crippen LogP) is 3.49. The molecular formula is C20H24F3N7O2. The molecule has 1 heterocycles. The molecule has 0 atom stereocenters. The topological polar surface area (TPSA) is 127 Å². The third-order valence-corrected chi connectivity index (χ3v) is 3.77. The SMILES string of the molecule is CN=CC(=CN)Nc1ncnc(-c2ccc(CNC(=O)OC(C)(C)C)c(C(F)(F)F)c2)n1. The van der Waals surface area contributed by atoms with Crippen molar-refractivity contribution in [3.63, 3.8) is 0 Å². The smallest absolute Gasteiger partial charge is 0.416 e. The number of nitrogens with two attached hydrogens (primary N) is 1. The predicted molar refractivity (Wildman–Crippen MR) is 114 cm³/mol. The number of amides is 1.